The highest BCUT2D eigenvalue weighted by atomic mass is 35.5. The molecule has 0 unspecified atom stereocenters. The third-order valence-electron chi connectivity index (χ3n) is 5.43. The highest BCUT2D eigenvalue weighted by molar-refractivity contribution is 6.35. The largest absolute Gasteiger partial charge is 0.492 e. The molecule has 0 bridgehead atoms. The molecule has 1 aromatic heterocycles. The molecule has 0 radical (unpaired) electrons. The molecule has 0 saturated carbocycles. The molecule has 0 N–H and O–H groups in total. The number of aromatic nitrogens is 2. The molecule has 4 rings (SSSR count). The highest BCUT2D eigenvalue weighted by Gasteiger charge is 2.13. The zero-order valence-electron chi connectivity index (χ0n) is 18.2. The summed E-state index contributed by atoms with van der Waals surface area (Å²) in [5.74, 6) is 1.32. The van der Waals surface area contributed by atoms with Crippen molar-refractivity contribution in [3.8, 4) is 17.1 Å². The Morgan fingerprint density at radius 3 is 2.42 bits per heavy atom. The first kappa shape index (κ1) is 23.6. The van der Waals surface area contributed by atoms with Gasteiger partial charge in [-0.15, -0.1) is 0 Å². The molecule has 0 amide bonds. The van der Waals surface area contributed by atoms with E-state index in [-0.39, 0.29) is 5.56 Å². The third-order valence-corrected chi connectivity index (χ3v) is 6.18. The van der Waals surface area contributed by atoms with Gasteiger partial charge in [0.05, 0.1) is 22.5 Å². The van der Waals surface area contributed by atoms with Crippen molar-refractivity contribution in [1.82, 2.24) is 9.55 Å². The molecular formula is C26H23Cl3N2O2. The van der Waals surface area contributed by atoms with Gasteiger partial charge in [0, 0.05) is 22.2 Å². The minimum Gasteiger partial charge on any atom is -0.492 e. The van der Waals surface area contributed by atoms with Crippen LogP contribution in [0.2, 0.25) is 15.1 Å². The standard InChI is InChI=1S/C26H23Cl3N2O2/c1-17-15-20(28)16-22(29)24(17)33-14-6-2-5-13-31-25(18-9-11-19(27)12-10-18)30-23-8-4-3-7-21(23)26(31)32/h3-4,7-12,15-16H,2,5-6,13-14H2,1H3. The molecule has 0 aliphatic heterocycles. The van der Waals surface area contributed by atoms with Gasteiger partial charge in [0.1, 0.15) is 11.6 Å². The maximum atomic E-state index is 13.2. The molecule has 170 valence electrons. The second-order valence-electron chi connectivity index (χ2n) is 7.86. The predicted molar refractivity (Wildman–Crippen MR) is 137 cm³/mol. The first-order valence-electron chi connectivity index (χ1n) is 10.8. The van der Waals surface area contributed by atoms with Gasteiger partial charge in [0.25, 0.3) is 5.56 Å². The summed E-state index contributed by atoms with van der Waals surface area (Å²) in [6.07, 6.45) is 2.55. The number of halogens is 3. The summed E-state index contributed by atoms with van der Waals surface area (Å²) in [4.78, 5) is 18.0. The van der Waals surface area contributed by atoms with Gasteiger partial charge in [-0.3, -0.25) is 9.36 Å². The SMILES string of the molecule is Cc1cc(Cl)cc(Cl)c1OCCCCCn1c(-c2ccc(Cl)cc2)nc2ccccc2c1=O. The minimum atomic E-state index is -0.0367. The normalized spacial score (nSPS) is 11.2. The lowest BCUT2D eigenvalue weighted by Gasteiger charge is -2.14. The minimum absolute atomic E-state index is 0.0367. The van der Waals surface area contributed by atoms with Crippen LogP contribution in [0.5, 0.6) is 5.75 Å². The average molecular weight is 502 g/mol. The van der Waals surface area contributed by atoms with Gasteiger partial charge < -0.3 is 4.74 Å². The lowest BCUT2D eigenvalue weighted by Crippen LogP contribution is -2.23. The van der Waals surface area contributed by atoms with Crippen LogP contribution in [0.4, 0.5) is 0 Å². The quantitative estimate of drug-likeness (QED) is 0.234. The number of aryl methyl sites for hydroxylation is 1. The summed E-state index contributed by atoms with van der Waals surface area (Å²) >= 11 is 18.3. The van der Waals surface area contributed by atoms with E-state index in [9.17, 15) is 4.79 Å². The first-order chi connectivity index (χ1) is 15.9. The van der Waals surface area contributed by atoms with Gasteiger partial charge in [0.2, 0.25) is 0 Å². The molecule has 33 heavy (non-hydrogen) atoms. The monoisotopic (exact) mass is 500 g/mol. The van der Waals surface area contributed by atoms with Crippen LogP contribution in [0.1, 0.15) is 24.8 Å². The third kappa shape index (κ3) is 5.52. The number of unbranched alkanes of at least 4 members (excludes halogenated alkanes) is 2. The number of para-hydroxylation sites is 1. The van der Waals surface area contributed by atoms with Crippen LogP contribution in [0.25, 0.3) is 22.3 Å². The average Bonchev–Trinajstić information content (AvgIpc) is 2.79. The summed E-state index contributed by atoms with van der Waals surface area (Å²) in [6, 6.07) is 18.3. The van der Waals surface area contributed by atoms with E-state index in [0.717, 1.165) is 30.4 Å². The van der Waals surface area contributed by atoms with Crippen LogP contribution < -0.4 is 10.3 Å². The van der Waals surface area contributed by atoms with E-state index in [0.29, 0.717) is 50.7 Å². The number of ether oxygens (including phenoxy) is 1. The summed E-state index contributed by atoms with van der Waals surface area (Å²) in [6.45, 7) is 3.02. The van der Waals surface area contributed by atoms with Crippen molar-refractivity contribution in [3.63, 3.8) is 0 Å². The van der Waals surface area contributed by atoms with Crippen LogP contribution >= 0.6 is 34.8 Å². The highest BCUT2D eigenvalue weighted by Crippen LogP contribution is 2.32. The molecule has 4 nitrogen and oxygen atoms in total. The number of hydrogen-bond acceptors (Lipinski definition) is 3. The van der Waals surface area contributed by atoms with Crippen molar-refractivity contribution in [2.24, 2.45) is 0 Å². The zero-order chi connectivity index (χ0) is 23.4. The van der Waals surface area contributed by atoms with Gasteiger partial charge >= 0.3 is 0 Å². The Bertz CT molecular complexity index is 1310. The maximum absolute atomic E-state index is 13.2. The van der Waals surface area contributed by atoms with Gasteiger partial charge in [0.15, 0.2) is 0 Å². The Morgan fingerprint density at radius 1 is 0.909 bits per heavy atom. The molecule has 0 aliphatic rings. The van der Waals surface area contributed by atoms with E-state index in [1.807, 2.05) is 61.5 Å². The molecule has 3 aromatic carbocycles. The van der Waals surface area contributed by atoms with Crippen molar-refractivity contribution in [2.75, 3.05) is 6.61 Å². The molecule has 4 aromatic rings. The van der Waals surface area contributed by atoms with Crippen molar-refractivity contribution in [2.45, 2.75) is 32.7 Å². The fourth-order valence-electron chi connectivity index (χ4n) is 3.79. The molecule has 0 saturated heterocycles. The summed E-state index contributed by atoms with van der Waals surface area (Å²) in [7, 11) is 0. The second kappa shape index (κ2) is 10.6. The van der Waals surface area contributed by atoms with E-state index < -0.39 is 0 Å². The van der Waals surface area contributed by atoms with E-state index >= 15 is 0 Å². The van der Waals surface area contributed by atoms with Crippen LogP contribution in [0.15, 0.2) is 65.5 Å². The van der Waals surface area contributed by atoms with Crippen LogP contribution in [-0.2, 0) is 6.54 Å². The van der Waals surface area contributed by atoms with Crippen LogP contribution in [0, 0.1) is 6.92 Å². The molecule has 0 aliphatic carbocycles. The number of benzene rings is 3. The Hall–Kier alpha value is -2.53. The Kier molecular flexibility index (Phi) is 7.59. The maximum Gasteiger partial charge on any atom is 0.261 e. The Morgan fingerprint density at radius 2 is 1.67 bits per heavy atom. The lowest BCUT2D eigenvalue weighted by molar-refractivity contribution is 0.302. The van der Waals surface area contributed by atoms with Gasteiger partial charge in [-0.05, 0) is 80.3 Å². The Labute approximate surface area is 207 Å². The van der Waals surface area contributed by atoms with Gasteiger partial charge in [-0.25, -0.2) is 4.98 Å². The predicted octanol–water partition coefficient (Wildman–Crippen LogP) is 7.58. The number of rotatable bonds is 8. The molecule has 0 fully saturated rings. The van der Waals surface area contributed by atoms with Crippen molar-refractivity contribution in [3.05, 3.63) is 91.6 Å². The summed E-state index contributed by atoms with van der Waals surface area (Å²) < 4.78 is 7.63. The molecular weight excluding hydrogens is 479 g/mol. The molecule has 1 heterocycles. The van der Waals surface area contributed by atoms with Gasteiger partial charge in [-0.1, -0.05) is 46.9 Å². The van der Waals surface area contributed by atoms with E-state index in [4.69, 9.17) is 44.5 Å². The van der Waals surface area contributed by atoms with Crippen molar-refractivity contribution in [1.29, 1.82) is 0 Å². The number of nitrogens with zero attached hydrogens (tertiary/aromatic N) is 2. The lowest BCUT2D eigenvalue weighted by atomic mass is 10.1. The summed E-state index contributed by atoms with van der Waals surface area (Å²) in [5.41, 5.74) is 2.42. The Balaban J connectivity index is 1.46. The number of hydrogen-bond donors (Lipinski definition) is 0. The van der Waals surface area contributed by atoms with E-state index in [2.05, 4.69) is 0 Å². The smallest absolute Gasteiger partial charge is 0.261 e. The van der Waals surface area contributed by atoms with E-state index in [1.165, 1.54) is 0 Å². The second-order valence-corrected chi connectivity index (χ2v) is 9.14. The fraction of sp³-hybridized carbons (Fsp3) is 0.231. The van der Waals surface area contributed by atoms with Crippen LogP contribution in [0.3, 0.4) is 0 Å². The topological polar surface area (TPSA) is 44.1 Å². The van der Waals surface area contributed by atoms with Crippen molar-refractivity contribution < 1.29 is 4.74 Å². The summed E-state index contributed by atoms with van der Waals surface area (Å²) in [5, 5.41) is 2.37. The first-order valence-corrected chi connectivity index (χ1v) is 11.9. The fourth-order valence-corrected chi connectivity index (χ4v) is 4.57. The van der Waals surface area contributed by atoms with Gasteiger partial charge in [-0.2, -0.15) is 0 Å². The van der Waals surface area contributed by atoms with Crippen LogP contribution in [-0.4, -0.2) is 16.2 Å². The molecule has 0 atom stereocenters. The molecule has 7 heteroatoms. The van der Waals surface area contributed by atoms with E-state index in [1.54, 1.807) is 10.6 Å². The van der Waals surface area contributed by atoms with Crippen molar-refractivity contribution >= 4 is 45.7 Å². The molecule has 0 spiro atoms. The zero-order valence-corrected chi connectivity index (χ0v) is 20.4. The number of fused-ring (bicyclic) bond motifs is 1.